The second-order valence-electron chi connectivity index (χ2n) is 9.69. The third kappa shape index (κ3) is 5.68. The molecule has 0 spiro atoms. The molecule has 0 atom stereocenters. The molecule has 3 aliphatic heterocycles. The van der Waals surface area contributed by atoms with Gasteiger partial charge in [-0.25, -0.2) is 0 Å². The second kappa shape index (κ2) is 9.71. The van der Waals surface area contributed by atoms with Crippen molar-refractivity contribution in [3.63, 3.8) is 0 Å². The summed E-state index contributed by atoms with van der Waals surface area (Å²) in [5, 5.41) is 0. The molecule has 3 saturated heterocycles. The largest absolute Gasteiger partial charge is 0.340 e. The van der Waals surface area contributed by atoms with Crippen LogP contribution in [0.1, 0.15) is 53.4 Å². The molecule has 0 bridgehead atoms. The van der Waals surface area contributed by atoms with E-state index >= 15 is 0 Å². The van der Waals surface area contributed by atoms with Gasteiger partial charge in [0, 0.05) is 50.7 Å². The van der Waals surface area contributed by atoms with Crippen LogP contribution in [0.25, 0.3) is 0 Å². The molecule has 0 aliphatic carbocycles. The lowest BCUT2D eigenvalue weighted by Crippen LogP contribution is -2.56. The minimum Gasteiger partial charge on any atom is -0.340 e. The van der Waals surface area contributed by atoms with Crippen molar-refractivity contribution in [3.05, 3.63) is 0 Å². The van der Waals surface area contributed by atoms with Crippen LogP contribution in [0.3, 0.4) is 0 Å². The third-order valence-corrected chi connectivity index (χ3v) is 6.93. The Bertz CT molecular complexity index is 457. The van der Waals surface area contributed by atoms with Crippen molar-refractivity contribution in [1.29, 1.82) is 0 Å². The molecule has 0 unspecified atom stereocenters. The Morgan fingerprint density at radius 2 is 1.41 bits per heavy atom. The Morgan fingerprint density at radius 3 is 1.93 bits per heavy atom. The Hall–Kier alpha value is -0.650. The Kier molecular flexibility index (Phi) is 7.57. The maximum atomic E-state index is 13.0. The maximum Gasteiger partial charge on any atom is 0.225 e. The summed E-state index contributed by atoms with van der Waals surface area (Å²) >= 11 is 0. The van der Waals surface area contributed by atoms with Gasteiger partial charge in [-0.2, -0.15) is 0 Å². The highest BCUT2D eigenvalue weighted by Crippen LogP contribution is 2.23. The van der Waals surface area contributed by atoms with E-state index in [1.165, 1.54) is 32.5 Å². The van der Waals surface area contributed by atoms with Gasteiger partial charge in [0.15, 0.2) is 0 Å². The van der Waals surface area contributed by atoms with Crippen molar-refractivity contribution < 1.29 is 4.79 Å². The van der Waals surface area contributed by atoms with Crippen molar-refractivity contribution in [2.45, 2.75) is 65.5 Å². The van der Waals surface area contributed by atoms with Crippen molar-refractivity contribution in [1.82, 2.24) is 19.6 Å². The summed E-state index contributed by atoms with van der Waals surface area (Å²) < 4.78 is 0. The highest BCUT2D eigenvalue weighted by molar-refractivity contribution is 5.79. The fourth-order valence-corrected chi connectivity index (χ4v) is 5.21. The summed E-state index contributed by atoms with van der Waals surface area (Å²) in [4.78, 5) is 22.9. The number of carbonyl (C=O) groups excluding carboxylic acids is 1. The van der Waals surface area contributed by atoms with Crippen molar-refractivity contribution in [2.75, 3.05) is 58.9 Å². The molecule has 0 aromatic heterocycles. The van der Waals surface area contributed by atoms with E-state index in [0.717, 1.165) is 64.1 Å². The van der Waals surface area contributed by atoms with Crippen molar-refractivity contribution >= 4 is 5.91 Å². The number of carbonyl (C=O) groups is 1. The first-order valence-corrected chi connectivity index (χ1v) is 11.4. The normalized spacial score (nSPS) is 25.6. The smallest absolute Gasteiger partial charge is 0.225 e. The molecule has 0 N–H and O–H groups in total. The van der Waals surface area contributed by atoms with E-state index in [9.17, 15) is 4.79 Å². The van der Waals surface area contributed by atoms with Gasteiger partial charge in [-0.05, 0) is 71.6 Å². The molecular formula is C22H42N4O. The molecular weight excluding hydrogens is 336 g/mol. The quantitative estimate of drug-likeness (QED) is 0.735. The van der Waals surface area contributed by atoms with E-state index in [1.807, 2.05) is 0 Å². The summed E-state index contributed by atoms with van der Waals surface area (Å²) in [5.74, 6) is 1.43. The number of hydrogen-bond donors (Lipinski definition) is 0. The van der Waals surface area contributed by atoms with E-state index in [2.05, 4.69) is 47.3 Å². The number of piperazine rings is 1. The van der Waals surface area contributed by atoms with Crippen LogP contribution in [-0.2, 0) is 4.79 Å². The Balaban J connectivity index is 1.39. The fraction of sp³-hybridized carbons (Fsp3) is 0.955. The lowest BCUT2D eigenvalue weighted by Gasteiger charge is -2.44. The zero-order chi connectivity index (χ0) is 19.4. The first-order chi connectivity index (χ1) is 12.9. The zero-order valence-corrected chi connectivity index (χ0v) is 18.2. The van der Waals surface area contributed by atoms with Crippen LogP contribution in [-0.4, -0.2) is 96.5 Å². The molecule has 0 aromatic carbocycles. The molecule has 27 heavy (non-hydrogen) atoms. The highest BCUT2D eigenvalue weighted by Gasteiger charge is 2.33. The number of hydrogen-bond acceptors (Lipinski definition) is 4. The summed E-state index contributed by atoms with van der Waals surface area (Å²) in [6.45, 7) is 19.0. The van der Waals surface area contributed by atoms with Crippen LogP contribution >= 0.6 is 0 Å². The number of likely N-dealkylation sites (tertiary alicyclic amines) is 2. The van der Waals surface area contributed by atoms with Gasteiger partial charge < -0.3 is 14.7 Å². The van der Waals surface area contributed by atoms with Crippen LogP contribution in [0.4, 0.5) is 0 Å². The Morgan fingerprint density at radius 1 is 0.815 bits per heavy atom. The fourth-order valence-electron chi connectivity index (χ4n) is 5.21. The van der Waals surface area contributed by atoms with E-state index in [0.29, 0.717) is 11.9 Å². The summed E-state index contributed by atoms with van der Waals surface area (Å²) in [5.41, 5.74) is 0. The van der Waals surface area contributed by atoms with Crippen LogP contribution in [0.15, 0.2) is 0 Å². The predicted octanol–water partition coefficient (Wildman–Crippen LogP) is 2.37. The molecule has 156 valence electrons. The van der Waals surface area contributed by atoms with Gasteiger partial charge in [-0.1, -0.05) is 13.8 Å². The first kappa shape index (κ1) is 21.1. The average Bonchev–Trinajstić information content (AvgIpc) is 2.68. The molecule has 3 fully saturated rings. The molecule has 1 amide bonds. The predicted molar refractivity (Wildman–Crippen MR) is 112 cm³/mol. The number of nitrogens with zero attached hydrogens (tertiary/aromatic N) is 4. The van der Waals surface area contributed by atoms with E-state index in [4.69, 9.17) is 0 Å². The van der Waals surface area contributed by atoms with Crippen molar-refractivity contribution in [2.24, 2.45) is 11.8 Å². The number of rotatable bonds is 5. The van der Waals surface area contributed by atoms with Crippen LogP contribution in [0.2, 0.25) is 0 Å². The molecule has 0 radical (unpaired) electrons. The molecule has 3 heterocycles. The van der Waals surface area contributed by atoms with Gasteiger partial charge in [0.1, 0.15) is 0 Å². The number of amides is 1. The Labute approximate surface area is 167 Å². The van der Waals surface area contributed by atoms with Crippen LogP contribution < -0.4 is 0 Å². The summed E-state index contributed by atoms with van der Waals surface area (Å²) in [6.07, 6.45) is 4.69. The van der Waals surface area contributed by atoms with Crippen LogP contribution in [0.5, 0.6) is 0 Å². The minimum atomic E-state index is 0.272. The van der Waals surface area contributed by atoms with E-state index in [1.54, 1.807) is 0 Å². The van der Waals surface area contributed by atoms with E-state index < -0.39 is 0 Å². The standard InChI is InChI=1S/C22H42N4O/c1-18(2)17-23-9-5-20(6-10-23)22(27)26-15-13-25(14-16-26)21-7-11-24(12-8-21)19(3)4/h18-21H,5-17H2,1-4H3. The lowest BCUT2D eigenvalue weighted by atomic mass is 9.94. The van der Waals surface area contributed by atoms with Gasteiger partial charge >= 0.3 is 0 Å². The van der Waals surface area contributed by atoms with E-state index in [-0.39, 0.29) is 5.92 Å². The van der Waals surface area contributed by atoms with Gasteiger partial charge in [0.25, 0.3) is 0 Å². The average molecular weight is 379 g/mol. The maximum absolute atomic E-state index is 13.0. The number of piperidine rings is 2. The van der Waals surface area contributed by atoms with Gasteiger partial charge in [-0.15, -0.1) is 0 Å². The monoisotopic (exact) mass is 378 g/mol. The lowest BCUT2D eigenvalue weighted by molar-refractivity contribution is -0.139. The topological polar surface area (TPSA) is 30.0 Å². The highest BCUT2D eigenvalue weighted by atomic mass is 16.2. The molecule has 3 rings (SSSR count). The van der Waals surface area contributed by atoms with Gasteiger partial charge in [-0.3, -0.25) is 9.69 Å². The second-order valence-corrected chi connectivity index (χ2v) is 9.69. The van der Waals surface area contributed by atoms with Gasteiger partial charge in [0.2, 0.25) is 5.91 Å². The summed E-state index contributed by atoms with van der Waals surface area (Å²) in [6, 6.07) is 1.41. The summed E-state index contributed by atoms with van der Waals surface area (Å²) in [7, 11) is 0. The van der Waals surface area contributed by atoms with Crippen molar-refractivity contribution in [3.8, 4) is 0 Å². The third-order valence-electron chi connectivity index (χ3n) is 6.93. The first-order valence-electron chi connectivity index (χ1n) is 11.4. The van der Waals surface area contributed by atoms with Gasteiger partial charge in [0.05, 0.1) is 0 Å². The SMILES string of the molecule is CC(C)CN1CCC(C(=O)N2CCN(C3CCN(C(C)C)CC3)CC2)CC1. The minimum absolute atomic E-state index is 0.272. The molecule has 0 saturated carbocycles. The molecule has 5 heteroatoms. The molecule has 5 nitrogen and oxygen atoms in total. The van der Waals surface area contributed by atoms with Crippen LogP contribution in [0, 0.1) is 11.8 Å². The zero-order valence-electron chi connectivity index (χ0n) is 18.2. The molecule has 0 aromatic rings. The molecule has 3 aliphatic rings.